The standard InChI is InChI=1S/C29H23ClN4O4/c1-17(37-3)26-24(16-31-29(36)20-11-9-19(10-12-20)28-32-18(2)38-33-28)27(35)23-14-13-21(30)15-25(23)34(26)22-7-5-4-6-8-22/h4-15H,1,16H2,2-3H3,(H,31,36). The number of benzene rings is 3. The summed E-state index contributed by atoms with van der Waals surface area (Å²) < 4.78 is 12.4. The van der Waals surface area contributed by atoms with Crippen LogP contribution >= 0.6 is 11.6 Å². The lowest BCUT2D eigenvalue weighted by molar-refractivity contribution is 0.0950. The van der Waals surface area contributed by atoms with E-state index in [4.69, 9.17) is 20.9 Å². The Morgan fingerprint density at radius 1 is 1.11 bits per heavy atom. The average Bonchev–Trinajstić information content (AvgIpc) is 3.38. The Morgan fingerprint density at radius 3 is 2.50 bits per heavy atom. The average molecular weight is 527 g/mol. The molecule has 3 aromatic carbocycles. The Kier molecular flexibility index (Phi) is 6.81. The van der Waals surface area contributed by atoms with Gasteiger partial charge in [0.05, 0.1) is 18.3 Å². The lowest BCUT2D eigenvalue weighted by Gasteiger charge is -2.22. The van der Waals surface area contributed by atoms with E-state index in [0.29, 0.717) is 44.5 Å². The van der Waals surface area contributed by atoms with E-state index in [9.17, 15) is 9.59 Å². The second-order valence-corrected chi connectivity index (χ2v) is 8.95. The van der Waals surface area contributed by atoms with Gasteiger partial charge in [0.25, 0.3) is 5.91 Å². The van der Waals surface area contributed by atoms with E-state index >= 15 is 0 Å². The van der Waals surface area contributed by atoms with E-state index in [1.54, 1.807) is 49.4 Å². The molecule has 2 heterocycles. The van der Waals surface area contributed by atoms with Crippen LogP contribution in [0.3, 0.4) is 0 Å². The van der Waals surface area contributed by atoms with E-state index in [0.717, 1.165) is 11.3 Å². The van der Waals surface area contributed by atoms with Crippen molar-refractivity contribution in [1.29, 1.82) is 0 Å². The zero-order valence-corrected chi connectivity index (χ0v) is 21.5. The molecule has 0 aliphatic rings. The van der Waals surface area contributed by atoms with E-state index in [1.165, 1.54) is 7.11 Å². The number of hydrogen-bond donors (Lipinski definition) is 1. The number of rotatable bonds is 7. The summed E-state index contributed by atoms with van der Waals surface area (Å²) in [6.07, 6.45) is 0. The van der Waals surface area contributed by atoms with Gasteiger partial charge < -0.3 is 19.1 Å². The summed E-state index contributed by atoms with van der Waals surface area (Å²) in [6.45, 7) is 5.70. The van der Waals surface area contributed by atoms with E-state index in [-0.39, 0.29) is 23.6 Å². The zero-order valence-electron chi connectivity index (χ0n) is 20.7. The summed E-state index contributed by atoms with van der Waals surface area (Å²) in [7, 11) is 1.49. The van der Waals surface area contributed by atoms with Crippen LogP contribution < -0.4 is 10.7 Å². The maximum absolute atomic E-state index is 13.7. The molecule has 0 fully saturated rings. The number of methoxy groups -OCH3 is 1. The number of nitrogens with one attached hydrogen (secondary N) is 1. The fraction of sp³-hybridized carbons (Fsp3) is 0.103. The molecule has 0 unspecified atom stereocenters. The molecule has 5 aromatic rings. The highest BCUT2D eigenvalue weighted by Crippen LogP contribution is 2.28. The Hall–Kier alpha value is -4.69. The van der Waals surface area contributed by atoms with Crippen LogP contribution in [0, 0.1) is 6.92 Å². The largest absolute Gasteiger partial charge is 0.495 e. The molecule has 0 spiro atoms. The maximum Gasteiger partial charge on any atom is 0.251 e. The molecule has 190 valence electrons. The number of hydrogen-bond acceptors (Lipinski definition) is 6. The number of amides is 1. The fourth-order valence-corrected chi connectivity index (χ4v) is 4.43. The van der Waals surface area contributed by atoms with Crippen molar-refractivity contribution in [3.63, 3.8) is 0 Å². The van der Waals surface area contributed by atoms with Gasteiger partial charge in [-0.05, 0) is 42.5 Å². The van der Waals surface area contributed by atoms with E-state index in [1.807, 2.05) is 34.9 Å². The molecule has 0 radical (unpaired) electrons. The van der Waals surface area contributed by atoms with Gasteiger partial charge in [0.2, 0.25) is 11.7 Å². The van der Waals surface area contributed by atoms with Crippen LogP contribution in [0.5, 0.6) is 0 Å². The third-order valence-electron chi connectivity index (χ3n) is 6.11. The minimum atomic E-state index is -0.350. The number of carbonyl (C=O) groups excluding carboxylic acids is 1. The van der Waals surface area contributed by atoms with Crippen molar-refractivity contribution < 1.29 is 14.1 Å². The lowest BCUT2D eigenvalue weighted by Crippen LogP contribution is -2.29. The number of carbonyl (C=O) groups is 1. The highest BCUT2D eigenvalue weighted by molar-refractivity contribution is 6.31. The molecule has 5 rings (SSSR count). The van der Waals surface area contributed by atoms with Crippen molar-refractivity contribution in [3.05, 3.63) is 117 Å². The number of aryl methyl sites for hydroxylation is 1. The molecule has 38 heavy (non-hydrogen) atoms. The zero-order chi connectivity index (χ0) is 26.8. The lowest BCUT2D eigenvalue weighted by atomic mass is 10.0. The van der Waals surface area contributed by atoms with E-state index in [2.05, 4.69) is 22.0 Å². The highest BCUT2D eigenvalue weighted by atomic mass is 35.5. The van der Waals surface area contributed by atoms with Gasteiger partial charge in [-0.15, -0.1) is 0 Å². The van der Waals surface area contributed by atoms with Crippen LogP contribution in [-0.2, 0) is 11.3 Å². The molecule has 2 aromatic heterocycles. The van der Waals surface area contributed by atoms with E-state index < -0.39 is 0 Å². The first-order chi connectivity index (χ1) is 18.4. The normalized spacial score (nSPS) is 10.9. The third kappa shape index (κ3) is 4.69. The predicted molar refractivity (Wildman–Crippen MR) is 146 cm³/mol. The summed E-state index contributed by atoms with van der Waals surface area (Å²) in [6, 6.07) is 21.4. The molecular weight excluding hydrogens is 504 g/mol. The molecular formula is C29H23ClN4O4. The first-order valence-electron chi connectivity index (χ1n) is 11.7. The van der Waals surface area contributed by atoms with Crippen LogP contribution in [0.15, 0.2) is 88.7 Å². The molecule has 0 saturated carbocycles. The number of fused-ring (bicyclic) bond motifs is 1. The molecule has 0 aliphatic heterocycles. The maximum atomic E-state index is 13.7. The van der Waals surface area contributed by atoms with Crippen molar-refractivity contribution in [1.82, 2.24) is 20.0 Å². The molecule has 8 nitrogen and oxygen atoms in total. The number of nitrogens with zero attached hydrogens (tertiary/aromatic N) is 3. The quantitative estimate of drug-likeness (QED) is 0.279. The Bertz CT molecular complexity index is 1720. The van der Waals surface area contributed by atoms with Gasteiger partial charge in [-0.2, -0.15) is 4.98 Å². The third-order valence-corrected chi connectivity index (χ3v) is 6.35. The van der Waals surface area contributed by atoms with Gasteiger partial charge in [-0.25, -0.2) is 0 Å². The summed E-state index contributed by atoms with van der Waals surface area (Å²) in [4.78, 5) is 30.9. The minimum Gasteiger partial charge on any atom is -0.495 e. The first kappa shape index (κ1) is 25.0. The SMILES string of the molecule is C=C(OC)c1c(CNC(=O)c2ccc(-c3noc(C)n3)cc2)c(=O)c2ccc(Cl)cc2n1-c1ccccc1. The summed E-state index contributed by atoms with van der Waals surface area (Å²) in [5, 5.41) is 7.70. The number of aromatic nitrogens is 3. The first-order valence-corrected chi connectivity index (χ1v) is 12.1. The van der Waals surface area contributed by atoms with Crippen LogP contribution in [-0.4, -0.2) is 27.7 Å². The molecule has 1 N–H and O–H groups in total. The molecule has 0 aliphatic carbocycles. The van der Waals surface area contributed by atoms with Crippen molar-refractivity contribution in [2.24, 2.45) is 0 Å². The minimum absolute atomic E-state index is 0.0490. The van der Waals surface area contributed by atoms with Gasteiger partial charge in [0.15, 0.2) is 5.43 Å². The van der Waals surface area contributed by atoms with Crippen molar-refractivity contribution >= 4 is 34.2 Å². The van der Waals surface area contributed by atoms with Gasteiger partial charge in [0.1, 0.15) is 5.76 Å². The highest BCUT2D eigenvalue weighted by Gasteiger charge is 2.22. The van der Waals surface area contributed by atoms with Gasteiger partial charge >= 0.3 is 0 Å². The summed E-state index contributed by atoms with van der Waals surface area (Å²) >= 11 is 6.32. The topological polar surface area (TPSA) is 99.2 Å². The Balaban J connectivity index is 1.55. The van der Waals surface area contributed by atoms with Gasteiger partial charge in [-0.3, -0.25) is 9.59 Å². The fourth-order valence-electron chi connectivity index (χ4n) is 4.26. The number of halogens is 1. The van der Waals surface area contributed by atoms with Gasteiger partial charge in [0, 0.05) is 46.3 Å². The monoisotopic (exact) mass is 526 g/mol. The molecule has 0 bridgehead atoms. The van der Waals surface area contributed by atoms with Crippen LogP contribution in [0.1, 0.15) is 27.5 Å². The number of pyridine rings is 1. The second kappa shape index (κ2) is 10.4. The summed E-state index contributed by atoms with van der Waals surface area (Å²) in [5.41, 5.74) is 3.05. The van der Waals surface area contributed by atoms with Crippen molar-refractivity contribution in [2.45, 2.75) is 13.5 Å². The summed E-state index contributed by atoms with van der Waals surface area (Å²) in [5.74, 6) is 0.817. The molecule has 0 atom stereocenters. The van der Waals surface area contributed by atoms with Gasteiger partial charge in [-0.1, -0.05) is 53.7 Å². The molecule has 0 saturated heterocycles. The van der Waals surface area contributed by atoms with Crippen LogP contribution in [0.2, 0.25) is 5.02 Å². The van der Waals surface area contributed by atoms with Crippen LogP contribution in [0.25, 0.3) is 33.7 Å². The Labute approximate surface area is 223 Å². The second-order valence-electron chi connectivity index (χ2n) is 8.51. The van der Waals surface area contributed by atoms with Crippen LogP contribution in [0.4, 0.5) is 0 Å². The smallest absolute Gasteiger partial charge is 0.251 e. The Morgan fingerprint density at radius 2 is 1.84 bits per heavy atom. The number of para-hydroxylation sites is 1. The molecule has 1 amide bonds. The molecule has 9 heteroatoms. The predicted octanol–water partition coefficient (Wildman–Crippen LogP) is 5.55. The number of ether oxygens (including phenoxy) is 1. The van der Waals surface area contributed by atoms with Crippen molar-refractivity contribution in [3.8, 4) is 17.1 Å². The van der Waals surface area contributed by atoms with Crippen molar-refractivity contribution in [2.75, 3.05) is 7.11 Å².